The van der Waals surface area contributed by atoms with Crippen molar-refractivity contribution in [3.63, 3.8) is 0 Å². The maximum absolute atomic E-state index is 11.8. The average Bonchev–Trinajstić information content (AvgIpc) is 2.67. The van der Waals surface area contributed by atoms with E-state index in [1.807, 2.05) is 30.5 Å². The van der Waals surface area contributed by atoms with Gasteiger partial charge in [-0.15, -0.1) is 0 Å². The fraction of sp³-hybridized carbons (Fsp3) is 0.333. The second-order valence-electron chi connectivity index (χ2n) is 3.64. The summed E-state index contributed by atoms with van der Waals surface area (Å²) in [6.07, 6.45) is 1.95. The number of aromatic nitrogens is 1. The third kappa shape index (κ3) is 2.94. The maximum atomic E-state index is 11.8. The van der Waals surface area contributed by atoms with Crippen LogP contribution in [0.2, 0.25) is 0 Å². The van der Waals surface area contributed by atoms with Crippen LogP contribution < -0.4 is 4.87 Å². The van der Waals surface area contributed by atoms with Gasteiger partial charge in [0.1, 0.15) is 13.2 Å². The molecule has 2 aromatic rings. The largest absolute Gasteiger partial charge is 0.463 e. The van der Waals surface area contributed by atoms with Crippen LogP contribution in [0.15, 0.2) is 29.1 Å². The number of para-hydroxylation sites is 1. The Hall–Kier alpha value is -1.27. The molecule has 0 unspecified atom stereocenters. The van der Waals surface area contributed by atoms with Crippen LogP contribution in [0.1, 0.15) is 0 Å². The Morgan fingerprint density at radius 2 is 2.22 bits per heavy atom. The summed E-state index contributed by atoms with van der Waals surface area (Å²) in [6, 6.07) is 7.43. The lowest BCUT2D eigenvalue weighted by molar-refractivity contribution is -0.143. The zero-order valence-electron chi connectivity index (χ0n) is 9.92. The molecule has 0 bridgehead atoms. The van der Waals surface area contributed by atoms with Gasteiger partial charge < -0.3 is 4.74 Å². The first-order valence-corrected chi connectivity index (χ1v) is 7.66. The predicted molar refractivity (Wildman–Crippen MR) is 75.4 cm³/mol. The minimum Gasteiger partial charge on any atom is -0.463 e. The zero-order chi connectivity index (χ0) is 13.0. The lowest BCUT2D eigenvalue weighted by atomic mass is 10.3. The summed E-state index contributed by atoms with van der Waals surface area (Å²) in [7, 11) is 0. The highest BCUT2D eigenvalue weighted by Gasteiger charge is 2.11. The number of carbonyl (C=O) groups is 1. The summed E-state index contributed by atoms with van der Waals surface area (Å²) in [5, 5.41) is 0. The van der Waals surface area contributed by atoms with Crippen molar-refractivity contribution in [3.8, 4) is 0 Å². The molecule has 0 saturated heterocycles. The van der Waals surface area contributed by atoms with Gasteiger partial charge in [-0.05, 0) is 18.4 Å². The topological polar surface area (TPSA) is 48.3 Å². The number of rotatable bonds is 5. The van der Waals surface area contributed by atoms with E-state index in [0.717, 1.165) is 27.3 Å². The standard InChI is InChI=1S/C12H13NO3S2/c1-17-7-6-16-11(14)8-13-9-4-2-3-5-10(9)18-12(13)15/h2-5H,6-8H2,1H3. The number of fused-ring (bicyclic) bond motifs is 1. The van der Waals surface area contributed by atoms with Gasteiger partial charge in [-0.3, -0.25) is 14.2 Å². The monoisotopic (exact) mass is 283 g/mol. The van der Waals surface area contributed by atoms with Gasteiger partial charge in [-0.25, -0.2) is 0 Å². The SMILES string of the molecule is CSCCOC(=O)Cn1c(=O)sc2ccccc21. The molecule has 18 heavy (non-hydrogen) atoms. The molecular formula is C12H13NO3S2. The van der Waals surface area contributed by atoms with Crippen LogP contribution in [0.4, 0.5) is 0 Å². The molecular weight excluding hydrogens is 270 g/mol. The molecule has 0 saturated carbocycles. The average molecular weight is 283 g/mol. The number of ether oxygens (including phenoxy) is 1. The van der Waals surface area contributed by atoms with E-state index in [1.54, 1.807) is 11.8 Å². The smallest absolute Gasteiger partial charge is 0.326 e. The number of hydrogen-bond acceptors (Lipinski definition) is 5. The van der Waals surface area contributed by atoms with Gasteiger partial charge in [-0.1, -0.05) is 23.5 Å². The molecule has 2 rings (SSSR count). The van der Waals surface area contributed by atoms with Crippen molar-refractivity contribution in [2.24, 2.45) is 0 Å². The molecule has 0 aliphatic rings. The first kappa shape index (κ1) is 13.2. The van der Waals surface area contributed by atoms with E-state index in [4.69, 9.17) is 4.74 Å². The molecule has 1 heterocycles. The van der Waals surface area contributed by atoms with Crippen LogP contribution in [0.25, 0.3) is 10.2 Å². The van der Waals surface area contributed by atoms with Crippen molar-refractivity contribution in [3.05, 3.63) is 33.9 Å². The van der Waals surface area contributed by atoms with Gasteiger partial charge in [0, 0.05) is 5.75 Å². The zero-order valence-corrected chi connectivity index (χ0v) is 11.6. The van der Waals surface area contributed by atoms with Gasteiger partial charge in [0.05, 0.1) is 10.2 Å². The van der Waals surface area contributed by atoms with Gasteiger partial charge in [0.25, 0.3) is 0 Å². The molecule has 0 aliphatic carbocycles. The fourth-order valence-electron chi connectivity index (χ4n) is 1.58. The minimum absolute atomic E-state index is 0.0166. The molecule has 0 spiro atoms. The number of thiazole rings is 1. The molecule has 0 aliphatic heterocycles. The van der Waals surface area contributed by atoms with Crippen LogP contribution >= 0.6 is 23.1 Å². The minimum atomic E-state index is -0.366. The summed E-state index contributed by atoms with van der Waals surface area (Å²) >= 11 is 2.76. The van der Waals surface area contributed by atoms with E-state index in [9.17, 15) is 9.59 Å². The van der Waals surface area contributed by atoms with E-state index in [2.05, 4.69) is 0 Å². The molecule has 0 N–H and O–H groups in total. The Kier molecular flexibility index (Phi) is 4.43. The van der Waals surface area contributed by atoms with Crippen LogP contribution in [0.5, 0.6) is 0 Å². The van der Waals surface area contributed by atoms with Crippen molar-refractivity contribution in [1.29, 1.82) is 0 Å². The fourth-order valence-corrected chi connectivity index (χ4v) is 2.72. The van der Waals surface area contributed by atoms with E-state index in [0.29, 0.717) is 6.61 Å². The van der Waals surface area contributed by atoms with Gasteiger partial charge >= 0.3 is 10.8 Å². The van der Waals surface area contributed by atoms with Crippen molar-refractivity contribution in [2.45, 2.75) is 6.54 Å². The molecule has 1 aromatic carbocycles. The number of carbonyl (C=O) groups excluding carboxylic acids is 1. The van der Waals surface area contributed by atoms with E-state index >= 15 is 0 Å². The number of thioether (sulfide) groups is 1. The van der Waals surface area contributed by atoms with E-state index in [-0.39, 0.29) is 17.4 Å². The Bertz CT molecular complexity index is 603. The number of benzene rings is 1. The highest BCUT2D eigenvalue weighted by molar-refractivity contribution is 7.98. The highest BCUT2D eigenvalue weighted by Crippen LogP contribution is 2.16. The maximum Gasteiger partial charge on any atom is 0.326 e. The van der Waals surface area contributed by atoms with Crippen molar-refractivity contribution in [2.75, 3.05) is 18.6 Å². The predicted octanol–water partition coefficient (Wildman–Crippen LogP) is 1.97. The quantitative estimate of drug-likeness (QED) is 0.622. The molecule has 0 atom stereocenters. The number of esters is 1. The summed E-state index contributed by atoms with van der Waals surface area (Å²) in [6.45, 7) is 0.369. The first-order chi connectivity index (χ1) is 8.72. The Morgan fingerprint density at radius 1 is 1.44 bits per heavy atom. The second-order valence-corrected chi connectivity index (χ2v) is 5.61. The Morgan fingerprint density at radius 3 is 3.00 bits per heavy atom. The van der Waals surface area contributed by atoms with E-state index in [1.165, 1.54) is 4.57 Å². The molecule has 0 amide bonds. The van der Waals surface area contributed by atoms with Crippen molar-refractivity contribution >= 4 is 39.3 Å². The third-order valence-corrected chi connectivity index (χ3v) is 3.95. The van der Waals surface area contributed by atoms with E-state index < -0.39 is 0 Å². The van der Waals surface area contributed by atoms with Gasteiger partial charge in [-0.2, -0.15) is 11.8 Å². The molecule has 0 fully saturated rings. The number of nitrogens with zero attached hydrogens (tertiary/aromatic N) is 1. The summed E-state index contributed by atoms with van der Waals surface area (Å²) in [5.41, 5.74) is 0.786. The first-order valence-electron chi connectivity index (χ1n) is 5.45. The molecule has 0 radical (unpaired) electrons. The van der Waals surface area contributed by atoms with Crippen LogP contribution in [0, 0.1) is 0 Å². The van der Waals surface area contributed by atoms with Crippen LogP contribution in [-0.2, 0) is 16.1 Å². The van der Waals surface area contributed by atoms with Crippen LogP contribution in [0.3, 0.4) is 0 Å². The lowest BCUT2D eigenvalue weighted by Crippen LogP contribution is -2.21. The van der Waals surface area contributed by atoms with Gasteiger partial charge in [0.15, 0.2) is 0 Å². The van der Waals surface area contributed by atoms with Crippen molar-refractivity contribution < 1.29 is 9.53 Å². The Labute approximate surface area is 113 Å². The van der Waals surface area contributed by atoms with Crippen molar-refractivity contribution in [1.82, 2.24) is 4.57 Å². The lowest BCUT2D eigenvalue weighted by Gasteiger charge is -2.04. The highest BCUT2D eigenvalue weighted by atomic mass is 32.2. The summed E-state index contributed by atoms with van der Waals surface area (Å²) in [5.74, 6) is 0.403. The summed E-state index contributed by atoms with van der Waals surface area (Å²) < 4.78 is 7.39. The molecule has 6 heteroatoms. The number of hydrogen-bond donors (Lipinski definition) is 0. The second kappa shape index (κ2) is 6.06. The normalized spacial score (nSPS) is 10.7. The third-order valence-electron chi connectivity index (χ3n) is 2.41. The Balaban J connectivity index is 2.14. The van der Waals surface area contributed by atoms with Crippen LogP contribution in [-0.4, -0.2) is 29.2 Å². The van der Waals surface area contributed by atoms with Gasteiger partial charge in [0.2, 0.25) is 0 Å². The molecule has 1 aromatic heterocycles. The molecule has 4 nitrogen and oxygen atoms in total. The molecule has 96 valence electrons. The summed E-state index contributed by atoms with van der Waals surface area (Å²) in [4.78, 5) is 23.2.